The van der Waals surface area contributed by atoms with E-state index >= 15 is 0 Å². The van der Waals surface area contributed by atoms with Gasteiger partial charge in [-0.05, 0) is 35.3 Å². The van der Waals surface area contributed by atoms with Gasteiger partial charge in [0.05, 0.1) is 0 Å². The lowest BCUT2D eigenvalue weighted by molar-refractivity contribution is 0.315. The van der Waals surface area contributed by atoms with Crippen molar-refractivity contribution in [2.75, 3.05) is 0 Å². The van der Waals surface area contributed by atoms with E-state index in [0.717, 1.165) is 25.7 Å². The van der Waals surface area contributed by atoms with Gasteiger partial charge < -0.3 is 0 Å². The molecule has 7 heteroatoms. The van der Waals surface area contributed by atoms with Crippen molar-refractivity contribution in [3.05, 3.63) is 18.2 Å². The molecule has 1 N–H and O–H groups in total. The van der Waals surface area contributed by atoms with Crippen LogP contribution in [0, 0.1) is 0 Å². The lowest BCUT2D eigenvalue weighted by Crippen LogP contribution is -2.35. The van der Waals surface area contributed by atoms with Crippen molar-refractivity contribution < 1.29 is 13.0 Å². The molecule has 21 heavy (non-hydrogen) atoms. The van der Waals surface area contributed by atoms with Crippen LogP contribution in [0.2, 0.25) is 0 Å². The molecule has 0 atom stereocenters. The highest BCUT2D eigenvalue weighted by atomic mass is 32.2. The summed E-state index contributed by atoms with van der Waals surface area (Å²) in [6.07, 6.45) is 7.55. The molecule has 0 amide bonds. The molecular weight excluding hydrogens is 290 g/mol. The molecular formula is C14H19N3O3S. The Morgan fingerprint density at radius 3 is 2.52 bits per heavy atom. The van der Waals surface area contributed by atoms with E-state index < -0.39 is 10.0 Å². The van der Waals surface area contributed by atoms with Gasteiger partial charge in [0, 0.05) is 6.04 Å². The predicted molar refractivity (Wildman–Crippen MR) is 78.2 cm³/mol. The van der Waals surface area contributed by atoms with E-state index in [4.69, 9.17) is 0 Å². The molecule has 1 saturated carbocycles. The van der Waals surface area contributed by atoms with E-state index in [1.807, 2.05) is 0 Å². The lowest BCUT2D eigenvalue weighted by atomic mass is 9.97. The van der Waals surface area contributed by atoms with Crippen LogP contribution in [-0.4, -0.2) is 24.8 Å². The monoisotopic (exact) mass is 309 g/mol. The van der Waals surface area contributed by atoms with E-state index in [1.54, 1.807) is 12.1 Å². The second-order valence-electron chi connectivity index (χ2n) is 5.55. The maximum absolute atomic E-state index is 12.6. The number of sulfonamides is 1. The van der Waals surface area contributed by atoms with Gasteiger partial charge in [-0.2, -0.15) is 0 Å². The molecule has 1 fully saturated rings. The van der Waals surface area contributed by atoms with Gasteiger partial charge in [0.25, 0.3) is 0 Å². The van der Waals surface area contributed by atoms with Crippen LogP contribution in [-0.2, 0) is 10.0 Å². The zero-order chi connectivity index (χ0) is 14.7. The van der Waals surface area contributed by atoms with Crippen molar-refractivity contribution in [2.45, 2.75) is 55.9 Å². The van der Waals surface area contributed by atoms with Crippen LogP contribution in [0.5, 0.6) is 0 Å². The Morgan fingerprint density at radius 2 is 1.76 bits per heavy atom. The van der Waals surface area contributed by atoms with E-state index in [0.29, 0.717) is 5.52 Å². The number of nitrogens with one attached hydrogen (secondary N) is 1. The summed E-state index contributed by atoms with van der Waals surface area (Å²) >= 11 is 0. The lowest BCUT2D eigenvalue weighted by Gasteiger charge is -2.20. The Hall–Kier alpha value is -1.47. The Balaban J connectivity index is 1.84. The van der Waals surface area contributed by atoms with Crippen molar-refractivity contribution in [2.24, 2.45) is 0 Å². The summed E-state index contributed by atoms with van der Waals surface area (Å²) in [5, 5.41) is 7.40. The molecule has 1 aromatic carbocycles. The van der Waals surface area contributed by atoms with Crippen molar-refractivity contribution in [1.29, 1.82) is 0 Å². The number of hydrogen-bond donors (Lipinski definition) is 1. The molecule has 0 saturated heterocycles. The fourth-order valence-corrected chi connectivity index (χ4v) is 4.31. The van der Waals surface area contributed by atoms with E-state index in [9.17, 15) is 8.42 Å². The minimum absolute atomic E-state index is 0.00502. The molecule has 0 radical (unpaired) electrons. The first kappa shape index (κ1) is 14.5. The van der Waals surface area contributed by atoms with Crippen molar-refractivity contribution in [1.82, 2.24) is 15.0 Å². The van der Waals surface area contributed by atoms with Gasteiger partial charge in [-0.3, -0.25) is 0 Å². The van der Waals surface area contributed by atoms with Crippen LogP contribution in [0.4, 0.5) is 0 Å². The molecule has 3 rings (SSSR count). The first-order chi connectivity index (χ1) is 10.2. The third-order valence-electron chi connectivity index (χ3n) is 3.97. The third-order valence-corrected chi connectivity index (χ3v) is 5.52. The van der Waals surface area contributed by atoms with Crippen molar-refractivity contribution >= 4 is 21.1 Å². The highest BCUT2D eigenvalue weighted by Crippen LogP contribution is 2.22. The average molecular weight is 309 g/mol. The summed E-state index contributed by atoms with van der Waals surface area (Å²) in [7, 11) is -3.60. The van der Waals surface area contributed by atoms with Crippen molar-refractivity contribution in [3.63, 3.8) is 0 Å². The molecule has 6 nitrogen and oxygen atoms in total. The van der Waals surface area contributed by atoms with Gasteiger partial charge >= 0.3 is 0 Å². The summed E-state index contributed by atoms with van der Waals surface area (Å²) < 4.78 is 32.6. The van der Waals surface area contributed by atoms with E-state index in [1.165, 1.54) is 25.3 Å². The summed E-state index contributed by atoms with van der Waals surface area (Å²) in [6, 6.07) is 4.88. The normalized spacial score (nSPS) is 18.5. The highest BCUT2D eigenvalue weighted by molar-refractivity contribution is 7.89. The van der Waals surface area contributed by atoms with Gasteiger partial charge in [-0.15, -0.1) is 0 Å². The Bertz CT molecular complexity index is 703. The molecule has 0 bridgehead atoms. The zero-order valence-corrected chi connectivity index (χ0v) is 12.6. The molecule has 1 aliphatic carbocycles. The maximum atomic E-state index is 12.6. The Kier molecular flexibility index (Phi) is 4.21. The third kappa shape index (κ3) is 3.24. The molecule has 2 aromatic rings. The van der Waals surface area contributed by atoms with Gasteiger partial charge in [0.2, 0.25) is 10.0 Å². The molecule has 1 aliphatic rings. The predicted octanol–water partition coefficient (Wildman–Crippen LogP) is 2.61. The average Bonchev–Trinajstić information content (AvgIpc) is 2.89. The number of hydrogen-bond acceptors (Lipinski definition) is 5. The zero-order valence-electron chi connectivity index (χ0n) is 11.8. The molecule has 0 unspecified atom stereocenters. The first-order valence-electron chi connectivity index (χ1n) is 7.40. The van der Waals surface area contributed by atoms with Crippen LogP contribution < -0.4 is 4.72 Å². The molecule has 1 aromatic heterocycles. The number of benzene rings is 1. The largest absolute Gasteiger partial charge is 0.243 e. The summed E-state index contributed by atoms with van der Waals surface area (Å²) in [4.78, 5) is 0.142. The van der Waals surface area contributed by atoms with Crippen molar-refractivity contribution in [3.8, 4) is 0 Å². The summed E-state index contributed by atoms with van der Waals surface area (Å²) in [6.45, 7) is 0. The number of aromatic nitrogens is 2. The smallest absolute Gasteiger partial charge is 0.243 e. The van der Waals surface area contributed by atoms with Gasteiger partial charge in [-0.1, -0.05) is 38.2 Å². The molecule has 114 valence electrons. The quantitative estimate of drug-likeness (QED) is 0.942. The second-order valence-corrected chi connectivity index (χ2v) is 7.23. The van der Waals surface area contributed by atoms with E-state index in [-0.39, 0.29) is 16.5 Å². The first-order valence-corrected chi connectivity index (χ1v) is 8.89. The fourth-order valence-electron chi connectivity index (χ4n) is 2.86. The van der Waals surface area contributed by atoms with Crippen LogP contribution in [0.15, 0.2) is 27.7 Å². The molecule has 1 heterocycles. The maximum Gasteiger partial charge on any atom is 0.243 e. The summed E-state index contributed by atoms with van der Waals surface area (Å²) in [5.74, 6) is 0. The molecule has 0 spiro atoms. The van der Waals surface area contributed by atoms with Gasteiger partial charge in [0.15, 0.2) is 5.52 Å². The van der Waals surface area contributed by atoms with Crippen LogP contribution in [0.3, 0.4) is 0 Å². The highest BCUT2D eigenvalue weighted by Gasteiger charge is 2.24. The minimum Gasteiger partial charge on any atom is -0.243 e. The topological polar surface area (TPSA) is 85.1 Å². The number of rotatable bonds is 3. The van der Waals surface area contributed by atoms with Gasteiger partial charge in [0.1, 0.15) is 10.4 Å². The van der Waals surface area contributed by atoms with E-state index in [2.05, 4.69) is 19.7 Å². The van der Waals surface area contributed by atoms with Crippen LogP contribution in [0.25, 0.3) is 11.0 Å². The fraction of sp³-hybridized carbons (Fsp3) is 0.571. The van der Waals surface area contributed by atoms with Gasteiger partial charge in [-0.25, -0.2) is 17.8 Å². The molecule has 0 aliphatic heterocycles. The summed E-state index contributed by atoms with van der Waals surface area (Å²) in [5.41, 5.74) is 0.742. The number of fused-ring (bicyclic) bond motifs is 1. The number of nitrogens with zero attached hydrogens (tertiary/aromatic N) is 2. The SMILES string of the molecule is O=S(=O)(NC1CCCCCCC1)c1cccc2nonc12. The second kappa shape index (κ2) is 6.11. The Labute approximate surface area is 123 Å². The Morgan fingerprint density at radius 1 is 1.05 bits per heavy atom. The standard InChI is InChI=1S/C14H19N3O3S/c18-21(19,17-11-7-4-2-1-3-5-8-11)13-10-6-9-12-14(13)16-20-15-12/h6,9-11,17H,1-5,7-8H2. The van der Waals surface area contributed by atoms with Crippen LogP contribution >= 0.6 is 0 Å². The van der Waals surface area contributed by atoms with Crippen LogP contribution in [0.1, 0.15) is 44.9 Å². The minimum atomic E-state index is -3.60.